The Morgan fingerprint density at radius 3 is 2.53 bits per heavy atom. The first-order valence-corrected chi connectivity index (χ1v) is 4.78. The van der Waals surface area contributed by atoms with Crippen LogP contribution in [0.4, 0.5) is 0 Å². The highest BCUT2D eigenvalue weighted by Crippen LogP contribution is 2.03. The van der Waals surface area contributed by atoms with Crippen molar-refractivity contribution in [2.45, 2.75) is 13.8 Å². The second kappa shape index (κ2) is 5.19. The van der Waals surface area contributed by atoms with Gasteiger partial charge < -0.3 is 15.6 Å². The number of hydrogen-bond acceptors (Lipinski definition) is 2. The summed E-state index contributed by atoms with van der Waals surface area (Å²) < 4.78 is 0. The zero-order valence-electron chi connectivity index (χ0n) is 8.89. The molecule has 0 spiro atoms. The van der Waals surface area contributed by atoms with Gasteiger partial charge in [0.1, 0.15) is 0 Å². The number of hydrogen-bond donors (Lipinski definition) is 3. The molecule has 15 heavy (non-hydrogen) atoms. The third kappa shape index (κ3) is 3.46. The fourth-order valence-corrected chi connectivity index (χ4v) is 1.21. The van der Waals surface area contributed by atoms with Crippen molar-refractivity contribution in [1.82, 2.24) is 15.6 Å². The van der Waals surface area contributed by atoms with Gasteiger partial charge in [-0.1, -0.05) is 0 Å². The molecular formula is C10H15N3O2. The van der Waals surface area contributed by atoms with E-state index in [1.807, 2.05) is 6.92 Å². The van der Waals surface area contributed by atoms with Gasteiger partial charge in [-0.2, -0.15) is 0 Å². The average Bonchev–Trinajstić information content (AvgIpc) is 2.58. The van der Waals surface area contributed by atoms with Crippen molar-refractivity contribution in [2.24, 2.45) is 0 Å². The van der Waals surface area contributed by atoms with Gasteiger partial charge in [-0.25, -0.2) is 0 Å². The lowest BCUT2D eigenvalue weighted by molar-refractivity contribution is -0.118. The van der Waals surface area contributed by atoms with Gasteiger partial charge in [0, 0.05) is 31.9 Å². The van der Waals surface area contributed by atoms with Crippen molar-refractivity contribution in [3.05, 3.63) is 23.5 Å². The summed E-state index contributed by atoms with van der Waals surface area (Å²) in [6.07, 6.45) is 1.72. The van der Waals surface area contributed by atoms with Gasteiger partial charge in [0.15, 0.2) is 0 Å². The molecule has 0 aliphatic heterocycles. The van der Waals surface area contributed by atoms with Crippen molar-refractivity contribution in [2.75, 3.05) is 13.1 Å². The number of carbonyl (C=O) groups is 2. The van der Waals surface area contributed by atoms with Gasteiger partial charge in [-0.05, 0) is 13.0 Å². The van der Waals surface area contributed by atoms with Gasteiger partial charge in [0.2, 0.25) is 5.91 Å². The van der Waals surface area contributed by atoms with Crippen LogP contribution in [0.2, 0.25) is 0 Å². The summed E-state index contributed by atoms with van der Waals surface area (Å²) in [4.78, 5) is 25.0. The lowest BCUT2D eigenvalue weighted by Gasteiger charge is -2.04. The lowest BCUT2D eigenvalue weighted by atomic mass is 10.2. The molecule has 0 aromatic carbocycles. The molecule has 5 heteroatoms. The molecule has 1 heterocycles. The fraction of sp³-hybridized carbons (Fsp3) is 0.400. The van der Waals surface area contributed by atoms with E-state index < -0.39 is 0 Å². The Hall–Kier alpha value is -1.78. The van der Waals surface area contributed by atoms with Crippen LogP contribution in [-0.2, 0) is 4.79 Å². The Kier molecular flexibility index (Phi) is 3.91. The maximum absolute atomic E-state index is 11.5. The van der Waals surface area contributed by atoms with Crippen LogP contribution >= 0.6 is 0 Å². The van der Waals surface area contributed by atoms with Crippen LogP contribution in [0, 0.1) is 6.92 Å². The van der Waals surface area contributed by atoms with Crippen molar-refractivity contribution < 1.29 is 9.59 Å². The molecule has 0 saturated carbocycles. The van der Waals surface area contributed by atoms with E-state index in [2.05, 4.69) is 15.6 Å². The number of aryl methyl sites for hydroxylation is 1. The van der Waals surface area contributed by atoms with E-state index >= 15 is 0 Å². The standard InChI is InChI=1S/C10H15N3O2/c1-7-9(3-4-11-7)10(15)13-6-5-12-8(2)14/h3-4,11H,5-6H2,1-2H3,(H,12,14)(H,13,15). The quantitative estimate of drug-likeness (QED) is 0.619. The third-order valence-electron chi connectivity index (χ3n) is 1.98. The molecule has 0 atom stereocenters. The lowest BCUT2D eigenvalue weighted by Crippen LogP contribution is -2.33. The number of aromatic nitrogens is 1. The van der Waals surface area contributed by atoms with E-state index in [1.165, 1.54) is 6.92 Å². The molecule has 2 amide bonds. The maximum Gasteiger partial charge on any atom is 0.253 e. The minimum atomic E-state index is -0.126. The molecular weight excluding hydrogens is 194 g/mol. The van der Waals surface area contributed by atoms with Crippen molar-refractivity contribution in [3.63, 3.8) is 0 Å². The Morgan fingerprint density at radius 1 is 1.33 bits per heavy atom. The van der Waals surface area contributed by atoms with Crippen LogP contribution in [0.25, 0.3) is 0 Å². The summed E-state index contributed by atoms with van der Waals surface area (Å²) in [5.41, 5.74) is 1.48. The molecule has 82 valence electrons. The summed E-state index contributed by atoms with van der Waals surface area (Å²) in [5.74, 6) is -0.221. The average molecular weight is 209 g/mol. The maximum atomic E-state index is 11.5. The van der Waals surface area contributed by atoms with Crippen LogP contribution in [0.3, 0.4) is 0 Å². The first kappa shape index (κ1) is 11.3. The zero-order chi connectivity index (χ0) is 11.3. The van der Waals surface area contributed by atoms with Gasteiger partial charge in [0.25, 0.3) is 5.91 Å². The molecule has 5 nitrogen and oxygen atoms in total. The molecule has 0 bridgehead atoms. The smallest absolute Gasteiger partial charge is 0.253 e. The number of aromatic amines is 1. The minimum Gasteiger partial charge on any atom is -0.365 e. The van der Waals surface area contributed by atoms with Gasteiger partial charge in [-0.15, -0.1) is 0 Å². The number of H-pyrrole nitrogens is 1. The van der Waals surface area contributed by atoms with E-state index in [1.54, 1.807) is 12.3 Å². The SMILES string of the molecule is CC(=O)NCCNC(=O)c1cc[nH]c1C. The topological polar surface area (TPSA) is 74.0 Å². The van der Waals surface area contributed by atoms with Crippen molar-refractivity contribution >= 4 is 11.8 Å². The van der Waals surface area contributed by atoms with Crippen LogP contribution < -0.4 is 10.6 Å². The molecule has 0 radical (unpaired) electrons. The molecule has 1 rings (SSSR count). The van der Waals surface area contributed by atoms with Gasteiger partial charge in [0.05, 0.1) is 5.56 Å². The van der Waals surface area contributed by atoms with E-state index in [4.69, 9.17) is 0 Å². The minimum absolute atomic E-state index is 0.0953. The normalized spacial score (nSPS) is 9.73. The summed E-state index contributed by atoms with van der Waals surface area (Å²) in [6, 6.07) is 1.73. The third-order valence-corrected chi connectivity index (χ3v) is 1.98. The Bertz CT molecular complexity index is 357. The number of carbonyl (C=O) groups excluding carboxylic acids is 2. The molecule has 0 fully saturated rings. The van der Waals surface area contributed by atoms with Crippen LogP contribution in [0.15, 0.2) is 12.3 Å². The summed E-state index contributed by atoms with van der Waals surface area (Å²) in [5, 5.41) is 5.31. The van der Waals surface area contributed by atoms with Gasteiger partial charge >= 0.3 is 0 Å². The molecule has 0 unspecified atom stereocenters. The number of nitrogens with one attached hydrogen (secondary N) is 3. The van der Waals surface area contributed by atoms with Crippen LogP contribution in [0.1, 0.15) is 23.0 Å². The molecule has 0 aliphatic rings. The monoisotopic (exact) mass is 209 g/mol. The summed E-state index contributed by atoms with van der Waals surface area (Å²) in [6.45, 7) is 4.16. The zero-order valence-corrected chi connectivity index (χ0v) is 8.89. The van der Waals surface area contributed by atoms with Crippen molar-refractivity contribution in [3.8, 4) is 0 Å². The highest BCUT2D eigenvalue weighted by atomic mass is 16.2. The second-order valence-electron chi connectivity index (χ2n) is 3.26. The van der Waals surface area contributed by atoms with E-state index in [-0.39, 0.29) is 11.8 Å². The molecule has 1 aromatic heterocycles. The molecule has 0 saturated heterocycles. The first-order valence-electron chi connectivity index (χ1n) is 4.78. The first-order chi connectivity index (χ1) is 7.11. The summed E-state index contributed by atoms with van der Waals surface area (Å²) >= 11 is 0. The highest BCUT2D eigenvalue weighted by Gasteiger charge is 2.07. The Morgan fingerprint density at radius 2 is 2.00 bits per heavy atom. The van der Waals surface area contributed by atoms with E-state index in [0.29, 0.717) is 18.7 Å². The Balaban J connectivity index is 2.31. The molecule has 3 N–H and O–H groups in total. The summed E-state index contributed by atoms with van der Waals surface area (Å²) in [7, 11) is 0. The van der Waals surface area contributed by atoms with E-state index in [9.17, 15) is 9.59 Å². The molecule has 1 aromatic rings. The highest BCUT2D eigenvalue weighted by molar-refractivity contribution is 5.95. The molecule has 0 aliphatic carbocycles. The largest absolute Gasteiger partial charge is 0.365 e. The van der Waals surface area contributed by atoms with Crippen LogP contribution in [-0.4, -0.2) is 29.9 Å². The van der Waals surface area contributed by atoms with Crippen LogP contribution in [0.5, 0.6) is 0 Å². The second-order valence-corrected chi connectivity index (χ2v) is 3.26. The predicted molar refractivity (Wildman–Crippen MR) is 56.5 cm³/mol. The number of amides is 2. The van der Waals surface area contributed by atoms with E-state index in [0.717, 1.165) is 5.69 Å². The number of rotatable bonds is 4. The Labute approximate surface area is 88.3 Å². The fourth-order valence-electron chi connectivity index (χ4n) is 1.21. The van der Waals surface area contributed by atoms with Gasteiger partial charge in [-0.3, -0.25) is 9.59 Å². The van der Waals surface area contributed by atoms with Crippen molar-refractivity contribution in [1.29, 1.82) is 0 Å². The predicted octanol–water partition coefficient (Wildman–Crippen LogP) is 0.189.